The van der Waals surface area contributed by atoms with Crippen molar-refractivity contribution in [1.82, 2.24) is 0 Å². The Morgan fingerprint density at radius 3 is 0.904 bits per heavy atom. The molecule has 0 amide bonds. The highest BCUT2D eigenvalue weighted by atomic mass is 16.6. The fraction of sp³-hybridized carbons (Fsp3) is 0.687. The van der Waals surface area contributed by atoms with E-state index in [4.69, 9.17) is 14.2 Å². The third-order valence-corrected chi connectivity index (χ3v) is 12.7. The van der Waals surface area contributed by atoms with Gasteiger partial charge in [0.15, 0.2) is 6.10 Å². The molecule has 6 nitrogen and oxygen atoms in total. The van der Waals surface area contributed by atoms with E-state index >= 15 is 0 Å². The van der Waals surface area contributed by atoms with E-state index in [1.54, 1.807) is 0 Å². The minimum absolute atomic E-state index is 0.111. The lowest BCUT2D eigenvalue weighted by Crippen LogP contribution is -2.30. The van der Waals surface area contributed by atoms with Crippen molar-refractivity contribution >= 4 is 17.9 Å². The van der Waals surface area contributed by atoms with E-state index in [2.05, 4.69) is 130 Å². The fourth-order valence-corrected chi connectivity index (χ4v) is 8.25. The van der Waals surface area contributed by atoms with Crippen LogP contribution in [0, 0.1) is 0 Å². The van der Waals surface area contributed by atoms with Crippen molar-refractivity contribution in [2.24, 2.45) is 0 Å². The van der Waals surface area contributed by atoms with Crippen molar-refractivity contribution in [3.63, 3.8) is 0 Å². The van der Waals surface area contributed by atoms with Crippen LogP contribution in [-0.4, -0.2) is 37.2 Å². The smallest absolute Gasteiger partial charge is 0.306 e. The molecule has 73 heavy (non-hydrogen) atoms. The highest BCUT2D eigenvalue weighted by Gasteiger charge is 2.19. The number of hydrogen-bond acceptors (Lipinski definition) is 6. The Labute approximate surface area is 450 Å². The van der Waals surface area contributed by atoms with E-state index in [0.29, 0.717) is 19.3 Å². The SMILES string of the molecule is CC/C=C\C/C=C\C/C=C\C/C=C\C/C=C\CCCC(=O)OC(COC(=O)CCCCC/C=C\C/C=C\C/C=C\CC)COC(=O)CCCCCCCCCCCCCCC/C=C\CCCCCCCCCC. The van der Waals surface area contributed by atoms with E-state index in [-0.39, 0.29) is 37.5 Å². The standard InChI is InChI=1S/C67H112O6/c1-4-7-10-13-16-19-22-25-27-29-30-31-32-33-34-35-36-38-39-42-45-48-51-54-57-60-66(69)72-63-64(62-71-65(68)59-56-53-50-47-44-41-24-21-18-15-12-9-6-3)73-67(70)61-58-55-52-49-46-43-40-37-28-26-23-20-17-14-11-8-5-2/h8-9,11-12,17-18,20-21,26,28-30,40-41,43-44,49,52,64H,4-7,10,13-16,19,22-25,27,31-39,42,45-48,50-51,53-63H2,1-3H3/b11-8-,12-9-,20-17-,21-18-,28-26-,30-29-,43-40-,44-41-,52-49-. The van der Waals surface area contributed by atoms with Crippen molar-refractivity contribution in [2.45, 2.75) is 284 Å². The Hall–Kier alpha value is -3.93. The second-order valence-electron chi connectivity index (χ2n) is 19.8. The number of hydrogen-bond donors (Lipinski definition) is 0. The zero-order valence-electron chi connectivity index (χ0n) is 47.6. The summed E-state index contributed by atoms with van der Waals surface area (Å²) >= 11 is 0. The van der Waals surface area contributed by atoms with Gasteiger partial charge in [0.25, 0.3) is 0 Å². The van der Waals surface area contributed by atoms with Crippen molar-refractivity contribution < 1.29 is 28.6 Å². The van der Waals surface area contributed by atoms with Gasteiger partial charge in [0, 0.05) is 19.3 Å². The number of carbonyl (C=O) groups is 3. The highest BCUT2D eigenvalue weighted by molar-refractivity contribution is 5.71. The van der Waals surface area contributed by atoms with Crippen LogP contribution in [0.15, 0.2) is 109 Å². The Bertz CT molecular complexity index is 1490. The summed E-state index contributed by atoms with van der Waals surface area (Å²) in [7, 11) is 0. The molecule has 0 aromatic rings. The van der Waals surface area contributed by atoms with Gasteiger partial charge in [-0.2, -0.15) is 0 Å². The molecular weight excluding hydrogens is 901 g/mol. The van der Waals surface area contributed by atoms with Crippen LogP contribution in [0.3, 0.4) is 0 Å². The zero-order valence-corrected chi connectivity index (χ0v) is 47.6. The van der Waals surface area contributed by atoms with E-state index in [9.17, 15) is 14.4 Å². The van der Waals surface area contributed by atoms with Gasteiger partial charge >= 0.3 is 17.9 Å². The van der Waals surface area contributed by atoms with Crippen LogP contribution >= 0.6 is 0 Å². The molecule has 6 heteroatoms. The van der Waals surface area contributed by atoms with Crippen LogP contribution in [0.4, 0.5) is 0 Å². The molecule has 0 saturated carbocycles. The number of ether oxygens (including phenoxy) is 3. The molecule has 1 atom stereocenters. The van der Waals surface area contributed by atoms with E-state index in [0.717, 1.165) is 103 Å². The molecule has 0 aromatic heterocycles. The van der Waals surface area contributed by atoms with Crippen LogP contribution in [0.2, 0.25) is 0 Å². The first kappa shape index (κ1) is 69.1. The summed E-state index contributed by atoms with van der Waals surface area (Å²) in [5, 5.41) is 0. The van der Waals surface area contributed by atoms with Gasteiger partial charge in [-0.1, -0.05) is 252 Å². The first-order valence-electron chi connectivity index (χ1n) is 30.4. The molecule has 0 saturated heterocycles. The number of allylic oxidation sites excluding steroid dienone is 18. The minimum atomic E-state index is -0.822. The van der Waals surface area contributed by atoms with E-state index in [1.807, 2.05) is 0 Å². The molecule has 0 aliphatic carbocycles. The van der Waals surface area contributed by atoms with Crippen molar-refractivity contribution in [2.75, 3.05) is 13.2 Å². The third kappa shape index (κ3) is 58.8. The summed E-state index contributed by atoms with van der Waals surface area (Å²) in [6.07, 6.45) is 82.5. The quantitative estimate of drug-likeness (QED) is 0.0261. The van der Waals surface area contributed by atoms with Crippen LogP contribution in [0.1, 0.15) is 278 Å². The number of unbranched alkanes of at least 4 members (excludes halogenated alkanes) is 25. The van der Waals surface area contributed by atoms with Crippen molar-refractivity contribution in [3.05, 3.63) is 109 Å². The summed E-state index contributed by atoms with van der Waals surface area (Å²) in [4.78, 5) is 38.2. The number of carbonyl (C=O) groups excluding carboxylic acids is 3. The average molecular weight is 1010 g/mol. The van der Waals surface area contributed by atoms with Gasteiger partial charge in [0.2, 0.25) is 0 Å². The van der Waals surface area contributed by atoms with Crippen molar-refractivity contribution in [3.8, 4) is 0 Å². The zero-order chi connectivity index (χ0) is 52.9. The lowest BCUT2D eigenvalue weighted by molar-refractivity contribution is -0.167. The van der Waals surface area contributed by atoms with Gasteiger partial charge in [0.05, 0.1) is 0 Å². The molecular formula is C67H112O6. The Morgan fingerprint density at radius 1 is 0.288 bits per heavy atom. The van der Waals surface area contributed by atoms with Crippen LogP contribution in [0.5, 0.6) is 0 Å². The van der Waals surface area contributed by atoms with Gasteiger partial charge in [-0.15, -0.1) is 0 Å². The molecule has 1 unspecified atom stereocenters. The maximum Gasteiger partial charge on any atom is 0.306 e. The minimum Gasteiger partial charge on any atom is -0.462 e. The molecule has 0 aliphatic rings. The van der Waals surface area contributed by atoms with Crippen molar-refractivity contribution in [1.29, 1.82) is 0 Å². The predicted octanol–water partition coefficient (Wildman–Crippen LogP) is 20.7. The maximum atomic E-state index is 12.8. The van der Waals surface area contributed by atoms with Gasteiger partial charge < -0.3 is 14.2 Å². The largest absolute Gasteiger partial charge is 0.462 e. The number of rotatable bonds is 54. The van der Waals surface area contributed by atoms with Gasteiger partial charge in [-0.25, -0.2) is 0 Å². The van der Waals surface area contributed by atoms with Gasteiger partial charge in [-0.05, 0) is 116 Å². The molecule has 0 aromatic carbocycles. The summed E-state index contributed by atoms with van der Waals surface area (Å²) in [6.45, 7) is 6.35. The molecule has 0 N–H and O–H groups in total. The molecule has 0 aliphatic heterocycles. The lowest BCUT2D eigenvalue weighted by atomic mass is 10.0. The second kappa shape index (κ2) is 60.6. The second-order valence-corrected chi connectivity index (χ2v) is 19.8. The Morgan fingerprint density at radius 2 is 0.548 bits per heavy atom. The highest BCUT2D eigenvalue weighted by Crippen LogP contribution is 2.15. The summed E-state index contributed by atoms with van der Waals surface area (Å²) in [5.74, 6) is -0.998. The lowest BCUT2D eigenvalue weighted by Gasteiger charge is -2.18. The molecule has 0 fully saturated rings. The van der Waals surface area contributed by atoms with E-state index < -0.39 is 6.10 Å². The average Bonchev–Trinajstić information content (AvgIpc) is 3.39. The first-order valence-corrected chi connectivity index (χ1v) is 30.4. The molecule has 416 valence electrons. The monoisotopic (exact) mass is 1010 g/mol. The molecule has 0 bridgehead atoms. The maximum absolute atomic E-state index is 12.8. The summed E-state index contributed by atoms with van der Waals surface area (Å²) in [5.41, 5.74) is 0. The summed E-state index contributed by atoms with van der Waals surface area (Å²) < 4.78 is 16.8. The van der Waals surface area contributed by atoms with Crippen LogP contribution in [0.25, 0.3) is 0 Å². The molecule has 0 radical (unpaired) electrons. The fourth-order valence-electron chi connectivity index (χ4n) is 8.25. The van der Waals surface area contributed by atoms with Gasteiger partial charge in [0.1, 0.15) is 13.2 Å². The first-order chi connectivity index (χ1) is 36.0. The normalized spacial score (nSPS) is 12.9. The van der Waals surface area contributed by atoms with Crippen LogP contribution < -0.4 is 0 Å². The van der Waals surface area contributed by atoms with Gasteiger partial charge in [-0.3, -0.25) is 14.4 Å². The Kier molecular flexibility index (Phi) is 57.4. The Balaban J connectivity index is 4.37. The number of esters is 3. The molecule has 0 heterocycles. The van der Waals surface area contributed by atoms with Crippen LogP contribution in [-0.2, 0) is 28.6 Å². The molecule has 0 rings (SSSR count). The third-order valence-electron chi connectivity index (χ3n) is 12.7. The molecule has 0 spiro atoms. The van der Waals surface area contributed by atoms with E-state index in [1.165, 1.54) is 128 Å². The predicted molar refractivity (Wildman–Crippen MR) is 316 cm³/mol. The summed E-state index contributed by atoms with van der Waals surface area (Å²) in [6, 6.07) is 0. The topological polar surface area (TPSA) is 78.9 Å².